The van der Waals surface area contributed by atoms with Gasteiger partial charge in [-0.15, -0.1) is 0 Å². The number of benzene rings is 2. The molecule has 1 aliphatic heterocycles. The van der Waals surface area contributed by atoms with Gasteiger partial charge in [-0.3, -0.25) is 0 Å². The molecule has 11 heteroatoms. The molecular weight excluding hydrogens is 428 g/mol. The molecule has 1 aliphatic rings. The zero-order chi connectivity index (χ0) is 23.2. The predicted octanol–water partition coefficient (Wildman–Crippen LogP) is 0.382. The number of aliphatic hydroxyl groups is 4. The van der Waals surface area contributed by atoms with E-state index in [1.807, 2.05) is 0 Å². The summed E-state index contributed by atoms with van der Waals surface area (Å²) in [5.74, 6) is -1.56. The number of hydrogen-bond acceptors (Lipinski definition) is 10. The van der Waals surface area contributed by atoms with Crippen LogP contribution in [0.3, 0.4) is 0 Å². The van der Waals surface area contributed by atoms with E-state index in [-0.39, 0.29) is 45.3 Å². The molecule has 170 valence electrons. The van der Waals surface area contributed by atoms with Crippen molar-refractivity contribution in [2.45, 2.75) is 30.7 Å². The molecule has 0 aliphatic carbocycles. The number of fused-ring (bicyclic) bond motifs is 1. The minimum absolute atomic E-state index is 0.0720. The molecule has 0 bridgehead atoms. The summed E-state index contributed by atoms with van der Waals surface area (Å²) in [6.07, 6.45) is -7.53. The van der Waals surface area contributed by atoms with Crippen LogP contribution >= 0.6 is 0 Å². The maximum Gasteiger partial charge on any atom is 0.402 e. The van der Waals surface area contributed by atoms with Gasteiger partial charge in [0.1, 0.15) is 41.3 Å². The van der Waals surface area contributed by atoms with Gasteiger partial charge in [0.2, 0.25) is 12.0 Å². The molecule has 0 spiro atoms. The molecule has 3 aromatic rings. The third kappa shape index (κ3) is 3.83. The van der Waals surface area contributed by atoms with E-state index in [2.05, 4.69) is 0 Å². The molecule has 2 aromatic carbocycles. The van der Waals surface area contributed by atoms with Crippen LogP contribution in [0.25, 0.3) is 22.3 Å². The van der Waals surface area contributed by atoms with E-state index in [0.717, 1.165) is 6.07 Å². The van der Waals surface area contributed by atoms with Gasteiger partial charge in [-0.05, 0) is 12.1 Å². The second kappa shape index (κ2) is 8.30. The Bertz CT molecular complexity index is 1150. The number of phenolic OH excluding ortho intramolecular Hbond substituents is 3. The van der Waals surface area contributed by atoms with Gasteiger partial charge in [0.15, 0.2) is 11.5 Å². The molecule has 1 aromatic heterocycles. The predicted molar refractivity (Wildman–Crippen MR) is 107 cm³/mol. The number of phenols is 3. The Morgan fingerprint density at radius 1 is 0.844 bits per heavy atom. The van der Waals surface area contributed by atoms with Crippen molar-refractivity contribution in [2.24, 2.45) is 0 Å². The van der Waals surface area contributed by atoms with Crippen LogP contribution in [0.4, 0.5) is 0 Å². The smallest absolute Gasteiger partial charge is 0.402 e. The average molecular weight is 449 g/mol. The first-order valence-electron chi connectivity index (χ1n) is 9.52. The first-order valence-corrected chi connectivity index (χ1v) is 9.52. The maximum atomic E-state index is 10.4. The Morgan fingerprint density at radius 3 is 2.28 bits per heavy atom. The van der Waals surface area contributed by atoms with Crippen molar-refractivity contribution in [3.8, 4) is 40.1 Å². The molecule has 2 heterocycles. The van der Waals surface area contributed by atoms with Crippen LogP contribution in [0, 0.1) is 0 Å². The molecule has 0 saturated carbocycles. The van der Waals surface area contributed by atoms with Crippen molar-refractivity contribution < 1.29 is 54.7 Å². The topological polar surface area (TPSA) is 192 Å². The highest BCUT2D eigenvalue weighted by atomic mass is 16.7. The Kier molecular flexibility index (Phi) is 5.67. The van der Waals surface area contributed by atoms with Crippen molar-refractivity contribution in [3.05, 3.63) is 36.4 Å². The summed E-state index contributed by atoms with van der Waals surface area (Å²) in [7, 11) is 0. The zero-order valence-corrected chi connectivity index (χ0v) is 16.4. The quantitative estimate of drug-likeness (QED) is 0.257. The number of rotatable bonds is 4. The summed E-state index contributed by atoms with van der Waals surface area (Å²) in [6.45, 7) is -0.635. The van der Waals surface area contributed by atoms with Crippen LogP contribution < -0.4 is 4.74 Å². The van der Waals surface area contributed by atoms with Gasteiger partial charge in [0.05, 0.1) is 18.2 Å². The standard InChI is InChI=1S/C21H20O11/c22-7-16-17(27)18(28)19(29)21(32-16)31-14-2-1-8(3-12(14)25)20-13(26)6-10-11(24)4-9(23)5-15(10)30-20/h1-6,16-19,21-22,27-29H,7H2,(H3-,23,24,25,26)/p+1. The van der Waals surface area contributed by atoms with Gasteiger partial charge in [-0.25, -0.2) is 4.42 Å². The first kappa shape index (κ1) is 21.9. The van der Waals surface area contributed by atoms with Crippen molar-refractivity contribution in [2.75, 3.05) is 6.61 Å². The Morgan fingerprint density at radius 2 is 1.59 bits per heavy atom. The fourth-order valence-electron chi connectivity index (χ4n) is 3.45. The molecule has 1 fully saturated rings. The van der Waals surface area contributed by atoms with Crippen LogP contribution in [-0.2, 0) is 4.74 Å². The first-order chi connectivity index (χ1) is 15.2. The minimum Gasteiger partial charge on any atom is -0.507 e. The lowest BCUT2D eigenvalue weighted by molar-refractivity contribution is -0.277. The van der Waals surface area contributed by atoms with Gasteiger partial charge >= 0.3 is 11.3 Å². The van der Waals surface area contributed by atoms with Crippen LogP contribution in [0.1, 0.15) is 0 Å². The largest absolute Gasteiger partial charge is 0.507 e. The molecule has 1 saturated heterocycles. The van der Waals surface area contributed by atoms with Gasteiger partial charge in [0.25, 0.3) is 0 Å². The van der Waals surface area contributed by atoms with Gasteiger partial charge < -0.3 is 50.3 Å². The van der Waals surface area contributed by atoms with Gasteiger partial charge in [0, 0.05) is 18.2 Å². The number of hydrogen-bond donors (Lipinski definition) is 8. The molecule has 8 N–H and O–H groups in total. The van der Waals surface area contributed by atoms with E-state index in [0.29, 0.717) is 0 Å². The Labute approximate surface area is 180 Å². The lowest BCUT2D eigenvalue weighted by Gasteiger charge is -2.39. The van der Waals surface area contributed by atoms with Gasteiger partial charge in [-0.1, -0.05) is 0 Å². The van der Waals surface area contributed by atoms with Crippen molar-refractivity contribution in [1.29, 1.82) is 0 Å². The summed E-state index contributed by atoms with van der Waals surface area (Å²) < 4.78 is 16.2. The SMILES string of the molecule is OCC1OC(Oc2ccc(-c3[o+]c4cc(O)cc(O)c4cc3O)cc2O)C(O)C(O)C1O. The number of aliphatic hydroxyl groups excluding tert-OH is 4. The molecule has 0 amide bonds. The second-order valence-corrected chi connectivity index (χ2v) is 7.34. The van der Waals surface area contributed by atoms with E-state index >= 15 is 0 Å². The van der Waals surface area contributed by atoms with Crippen molar-refractivity contribution in [1.82, 2.24) is 0 Å². The number of ether oxygens (including phenoxy) is 2. The monoisotopic (exact) mass is 449 g/mol. The second-order valence-electron chi connectivity index (χ2n) is 7.34. The summed E-state index contributed by atoms with van der Waals surface area (Å²) in [4.78, 5) is 0. The lowest BCUT2D eigenvalue weighted by atomic mass is 9.99. The summed E-state index contributed by atoms with van der Waals surface area (Å²) in [5.41, 5.74) is 0.294. The third-order valence-electron chi connectivity index (χ3n) is 5.14. The molecular formula is C21H21O11+. The lowest BCUT2D eigenvalue weighted by Crippen LogP contribution is -2.60. The molecule has 11 nitrogen and oxygen atoms in total. The molecule has 0 radical (unpaired) electrons. The van der Waals surface area contributed by atoms with Crippen molar-refractivity contribution in [3.63, 3.8) is 0 Å². The summed E-state index contributed by atoms with van der Waals surface area (Å²) >= 11 is 0. The minimum atomic E-state index is -1.66. The highest BCUT2D eigenvalue weighted by molar-refractivity contribution is 5.88. The van der Waals surface area contributed by atoms with Crippen molar-refractivity contribution >= 4 is 11.0 Å². The zero-order valence-electron chi connectivity index (χ0n) is 16.4. The highest BCUT2D eigenvalue weighted by Gasteiger charge is 2.45. The normalized spacial score (nSPS) is 25.7. The highest BCUT2D eigenvalue weighted by Crippen LogP contribution is 2.41. The molecule has 5 unspecified atom stereocenters. The number of aromatic hydroxyl groups is 4. The van der Waals surface area contributed by atoms with E-state index in [1.165, 1.54) is 30.3 Å². The maximum absolute atomic E-state index is 10.4. The van der Waals surface area contributed by atoms with Crippen LogP contribution in [-0.4, -0.2) is 78.2 Å². The van der Waals surface area contributed by atoms with Crippen LogP contribution in [0.5, 0.6) is 28.7 Å². The average Bonchev–Trinajstić information content (AvgIpc) is 2.75. The van der Waals surface area contributed by atoms with E-state index in [4.69, 9.17) is 13.9 Å². The van der Waals surface area contributed by atoms with Gasteiger partial charge in [-0.2, -0.15) is 0 Å². The Balaban J connectivity index is 1.63. The fraction of sp³-hybridized carbons (Fsp3) is 0.286. The van der Waals surface area contributed by atoms with Crippen LogP contribution in [0.15, 0.2) is 40.8 Å². The van der Waals surface area contributed by atoms with E-state index < -0.39 is 43.1 Å². The Hall–Kier alpha value is -3.35. The van der Waals surface area contributed by atoms with Crippen LogP contribution in [0.2, 0.25) is 0 Å². The molecule has 5 atom stereocenters. The summed E-state index contributed by atoms with van der Waals surface area (Å²) in [5, 5.41) is 79.4. The van der Waals surface area contributed by atoms with E-state index in [9.17, 15) is 40.9 Å². The molecule has 4 rings (SSSR count). The third-order valence-corrected chi connectivity index (χ3v) is 5.14. The molecule has 32 heavy (non-hydrogen) atoms. The van der Waals surface area contributed by atoms with E-state index in [1.54, 1.807) is 0 Å². The fourth-order valence-corrected chi connectivity index (χ4v) is 3.45. The summed E-state index contributed by atoms with van der Waals surface area (Å²) in [6, 6.07) is 7.45.